The molecule has 3 amide bonds. The molecule has 3 N–H and O–H groups in total. The predicted molar refractivity (Wildman–Crippen MR) is 117 cm³/mol. The van der Waals surface area contributed by atoms with Crippen LogP contribution < -0.4 is 16.0 Å². The number of amides is 3. The Hall–Kier alpha value is -2.37. The fourth-order valence-electron chi connectivity index (χ4n) is 2.56. The third kappa shape index (κ3) is 8.35. The third-order valence-electron chi connectivity index (χ3n) is 4.02. The Morgan fingerprint density at radius 3 is 2.35 bits per heavy atom. The zero-order chi connectivity index (χ0) is 23.8. The van der Waals surface area contributed by atoms with Gasteiger partial charge in [-0.15, -0.1) is 0 Å². The number of nitrogens with zero attached hydrogens (tertiary/aromatic N) is 1. The van der Waals surface area contributed by atoms with E-state index in [0.29, 0.717) is 6.42 Å². The van der Waals surface area contributed by atoms with Crippen LogP contribution in [0, 0.1) is 5.92 Å². The zero-order valence-corrected chi connectivity index (χ0v) is 19.8. The second kappa shape index (κ2) is 11.9. The summed E-state index contributed by atoms with van der Waals surface area (Å²) in [6, 6.07) is 3.44. The van der Waals surface area contributed by atoms with Gasteiger partial charge in [0.05, 0.1) is 11.6 Å². The van der Waals surface area contributed by atoms with E-state index in [9.17, 15) is 22.8 Å². The minimum Gasteiger partial charge on any atom is -0.450 e. The number of alkyl carbamates (subject to hydrolysis) is 1. The first kappa shape index (κ1) is 26.7. The highest BCUT2D eigenvalue weighted by molar-refractivity contribution is 7.89. The largest absolute Gasteiger partial charge is 0.450 e. The van der Waals surface area contributed by atoms with Gasteiger partial charge in [-0.3, -0.25) is 9.59 Å². The highest BCUT2D eigenvalue weighted by atomic mass is 35.5. The molecule has 0 aliphatic carbocycles. The van der Waals surface area contributed by atoms with Crippen LogP contribution in [0.5, 0.6) is 0 Å². The van der Waals surface area contributed by atoms with Crippen LogP contribution in [0.3, 0.4) is 0 Å². The summed E-state index contributed by atoms with van der Waals surface area (Å²) < 4.78 is 30.5. The number of ether oxygens (including phenoxy) is 1. The van der Waals surface area contributed by atoms with Crippen molar-refractivity contribution in [2.24, 2.45) is 5.92 Å². The van der Waals surface area contributed by atoms with Crippen LogP contribution in [0.1, 0.15) is 27.2 Å². The van der Waals surface area contributed by atoms with Gasteiger partial charge in [0.25, 0.3) is 0 Å². The van der Waals surface area contributed by atoms with Gasteiger partial charge < -0.3 is 20.7 Å². The van der Waals surface area contributed by atoms with E-state index >= 15 is 0 Å². The number of carbonyl (C=O) groups is 3. The lowest BCUT2D eigenvalue weighted by atomic mass is 10.0. The molecule has 1 aromatic carbocycles. The Balaban J connectivity index is 2.81. The molecule has 31 heavy (non-hydrogen) atoms. The summed E-state index contributed by atoms with van der Waals surface area (Å²) in [5, 5.41) is 7.42. The molecule has 0 saturated carbocycles. The molecule has 0 bridgehead atoms. The molecule has 1 aromatic rings. The van der Waals surface area contributed by atoms with Gasteiger partial charge in [0.15, 0.2) is 0 Å². The molecule has 0 fully saturated rings. The molecular formula is C19H29ClN4O6S. The Labute approximate surface area is 187 Å². The minimum atomic E-state index is -3.84. The molecule has 1 atom stereocenters. The number of hydrogen-bond acceptors (Lipinski definition) is 6. The average Bonchev–Trinajstić information content (AvgIpc) is 2.66. The number of halogens is 1. The van der Waals surface area contributed by atoms with Crippen molar-refractivity contribution in [1.29, 1.82) is 0 Å². The van der Waals surface area contributed by atoms with E-state index in [1.165, 1.54) is 32.3 Å². The van der Waals surface area contributed by atoms with Crippen molar-refractivity contribution < 1.29 is 27.5 Å². The highest BCUT2D eigenvalue weighted by Crippen LogP contribution is 2.26. The summed E-state index contributed by atoms with van der Waals surface area (Å²) in [4.78, 5) is 35.9. The molecule has 0 aliphatic heterocycles. The fraction of sp³-hybridized carbons (Fsp3) is 0.526. The van der Waals surface area contributed by atoms with Crippen LogP contribution in [0.15, 0.2) is 23.1 Å². The van der Waals surface area contributed by atoms with Crippen LogP contribution in [0.4, 0.5) is 10.5 Å². The molecule has 1 rings (SSSR count). The smallest absolute Gasteiger partial charge is 0.407 e. The van der Waals surface area contributed by atoms with Crippen molar-refractivity contribution >= 4 is 45.2 Å². The number of nitrogens with one attached hydrogen (secondary N) is 3. The lowest BCUT2D eigenvalue weighted by Gasteiger charge is -2.20. The number of benzene rings is 1. The average molecular weight is 477 g/mol. The SMILES string of the molecule is CCOC(=O)N[C@H](CNC(=O)C(=O)Nc1ccc(Cl)c(S(=O)(=O)N(C)C)c1)CC(C)C. The van der Waals surface area contributed by atoms with Crippen LogP contribution >= 0.6 is 11.6 Å². The van der Waals surface area contributed by atoms with Gasteiger partial charge in [-0.25, -0.2) is 17.5 Å². The number of anilines is 1. The number of sulfonamides is 1. The molecule has 0 radical (unpaired) electrons. The first-order chi connectivity index (χ1) is 14.4. The van der Waals surface area contributed by atoms with Gasteiger partial charge in [0.1, 0.15) is 4.90 Å². The first-order valence-corrected chi connectivity index (χ1v) is 11.4. The minimum absolute atomic E-state index is 0.0160. The van der Waals surface area contributed by atoms with Crippen LogP contribution in [0.2, 0.25) is 5.02 Å². The van der Waals surface area contributed by atoms with E-state index in [0.717, 1.165) is 4.31 Å². The van der Waals surface area contributed by atoms with Gasteiger partial charge in [-0.2, -0.15) is 0 Å². The van der Waals surface area contributed by atoms with Gasteiger partial charge >= 0.3 is 17.9 Å². The number of hydrogen-bond donors (Lipinski definition) is 3. The van der Waals surface area contributed by atoms with E-state index in [1.54, 1.807) is 6.92 Å². The summed E-state index contributed by atoms with van der Waals surface area (Å²) in [5.74, 6) is -1.70. The van der Waals surface area contributed by atoms with Crippen LogP contribution in [-0.4, -0.2) is 63.9 Å². The van der Waals surface area contributed by atoms with E-state index in [1.807, 2.05) is 13.8 Å². The molecule has 12 heteroatoms. The van der Waals surface area contributed by atoms with Gasteiger partial charge in [-0.05, 0) is 37.5 Å². The second-order valence-corrected chi connectivity index (χ2v) is 9.82. The molecular weight excluding hydrogens is 448 g/mol. The summed E-state index contributed by atoms with van der Waals surface area (Å²) >= 11 is 5.97. The van der Waals surface area contributed by atoms with Gasteiger partial charge in [-0.1, -0.05) is 25.4 Å². The molecule has 0 aliphatic rings. The molecule has 174 valence electrons. The highest BCUT2D eigenvalue weighted by Gasteiger charge is 2.23. The van der Waals surface area contributed by atoms with Crippen molar-refractivity contribution in [3.8, 4) is 0 Å². The molecule has 0 spiro atoms. The second-order valence-electron chi connectivity index (χ2n) is 7.29. The lowest BCUT2D eigenvalue weighted by Crippen LogP contribution is -2.46. The molecule has 0 aromatic heterocycles. The summed E-state index contributed by atoms with van der Waals surface area (Å²) in [5.41, 5.74) is 0.0911. The van der Waals surface area contributed by atoms with Crippen LogP contribution in [0.25, 0.3) is 0 Å². The fourth-order valence-corrected chi connectivity index (χ4v) is 3.96. The maximum absolute atomic E-state index is 12.3. The molecule has 0 unspecified atom stereocenters. The number of rotatable bonds is 9. The number of carbonyl (C=O) groups excluding carboxylic acids is 3. The van der Waals surface area contributed by atoms with Crippen molar-refractivity contribution in [3.63, 3.8) is 0 Å². The van der Waals surface area contributed by atoms with E-state index in [2.05, 4.69) is 16.0 Å². The Kier molecular flexibility index (Phi) is 10.2. The standard InChI is InChI=1S/C19H29ClN4O6S/c1-6-30-19(27)23-14(9-12(2)3)11-21-17(25)18(26)22-13-7-8-15(20)16(10-13)31(28,29)24(4)5/h7-8,10,12,14H,6,9,11H2,1-5H3,(H,21,25)(H,22,26)(H,23,27)/t14-/m0/s1. The monoisotopic (exact) mass is 476 g/mol. The van der Waals surface area contributed by atoms with E-state index in [4.69, 9.17) is 16.3 Å². The molecule has 10 nitrogen and oxygen atoms in total. The van der Waals surface area contributed by atoms with Crippen molar-refractivity contribution in [3.05, 3.63) is 23.2 Å². The predicted octanol–water partition coefficient (Wildman–Crippen LogP) is 1.81. The van der Waals surface area contributed by atoms with Crippen LogP contribution in [-0.2, 0) is 24.3 Å². The normalized spacial score (nSPS) is 12.4. The Bertz CT molecular complexity index is 905. The molecule has 0 heterocycles. The lowest BCUT2D eigenvalue weighted by molar-refractivity contribution is -0.136. The maximum atomic E-state index is 12.3. The third-order valence-corrected chi connectivity index (χ3v) is 6.31. The van der Waals surface area contributed by atoms with Gasteiger partial charge in [0, 0.05) is 32.4 Å². The van der Waals surface area contributed by atoms with Gasteiger partial charge in [0.2, 0.25) is 10.0 Å². The van der Waals surface area contributed by atoms with E-state index in [-0.39, 0.29) is 34.7 Å². The molecule has 0 saturated heterocycles. The van der Waals surface area contributed by atoms with Crippen molar-refractivity contribution in [2.45, 2.75) is 38.1 Å². The maximum Gasteiger partial charge on any atom is 0.407 e. The van der Waals surface area contributed by atoms with Crippen molar-refractivity contribution in [2.75, 3.05) is 32.6 Å². The topological polar surface area (TPSA) is 134 Å². The van der Waals surface area contributed by atoms with Crippen molar-refractivity contribution in [1.82, 2.24) is 14.9 Å². The Morgan fingerprint density at radius 2 is 1.81 bits per heavy atom. The summed E-state index contributed by atoms with van der Waals surface area (Å²) in [7, 11) is -1.14. The van der Waals surface area contributed by atoms with E-state index < -0.39 is 34.0 Å². The quantitative estimate of drug-likeness (QED) is 0.465. The Morgan fingerprint density at radius 1 is 1.16 bits per heavy atom. The summed E-state index contributed by atoms with van der Waals surface area (Å²) in [6.45, 7) is 5.81. The summed E-state index contributed by atoms with van der Waals surface area (Å²) in [6.07, 6.45) is -0.0495. The zero-order valence-electron chi connectivity index (χ0n) is 18.2. The first-order valence-electron chi connectivity index (χ1n) is 9.63.